The van der Waals surface area contributed by atoms with E-state index in [2.05, 4.69) is 0 Å². The van der Waals surface area contributed by atoms with Crippen LogP contribution >= 0.6 is 0 Å². The van der Waals surface area contributed by atoms with E-state index < -0.39 is 10.0 Å². The minimum Gasteiger partial charge on any atom is -0.505 e. The quantitative estimate of drug-likeness (QED) is 0.599. The van der Waals surface area contributed by atoms with Gasteiger partial charge >= 0.3 is 0 Å². The molecule has 0 aliphatic rings. The molecule has 0 aliphatic carbocycles. The molecule has 2 rings (SSSR count). The van der Waals surface area contributed by atoms with Gasteiger partial charge in [0.25, 0.3) is 10.0 Å². The number of nitrogen functional groups attached to an aromatic ring is 1. The van der Waals surface area contributed by atoms with Crippen LogP contribution in [0.25, 0.3) is 0 Å². The van der Waals surface area contributed by atoms with Crippen molar-refractivity contribution < 1.29 is 13.5 Å². The summed E-state index contributed by atoms with van der Waals surface area (Å²) < 4.78 is 27.9. The van der Waals surface area contributed by atoms with E-state index in [4.69, 9.17) is 11.5 Å². The van der Waals surface area contributed by atoms with Crippen molar-refractivity contribution in [3.05, 3.63) is 48.0 Å². The van der Waals surface area contributed by atoms with E-state index in [-0.39, 0.29) is 34.7 Å². The molecule has 0 fully saturated rings. The Labute approximate surface area is 161 Å². The molecule has 0 aromatic heterocycles. The van der Waals surface area contributed by atoms with Crippen molar-refractivity contribution in [1.82, 2.24) is 0 Å². The number of benzene rings is 2. The van der Waals surface area contributed by atoms with Crippen molar-refractivity contribution in [2.45, 2.75) is 32.1 Å². The van der Waals surface area contributed by atoms with Crippen LogP contribution in [-0.4, -0.2) is 26.6 Å². The van der Waals surface area contributed by atoms with Crippen molar-refractivity contribution in [2.24, 2.45) is 17.6 Å². The third-order valence-corrected chi connectivity index (χ3v) is 6.09. The van der Waals surface area contributed by atoms with Crippen LogP contribution in [-0.2, 0) is 16.4 Å². The highest BCUT2D eigenvalue weighted by Gasteiger charge is 2.28. The molecular weight excluding hydrogens is 362 g/mol. The van der Waals surface area contributed by atoms with Crippen LogP contribution in [0, 0.1) is 11.8 Å². The summed E-state index contributed by atoms with van der Waals surface area (Å²) in [7, 11) is -3.88. The van der Waals surface area contributed by atoms with Gasteiger partial charge in [-0.1, -0.05) is 39.0 Å². The van der Waals surface area contributed by atoms with E-state index in [1.807, 2.05) is 20.8 Å². The molecule has 0 saturated carbocycles. The Morgan fingerprint density at radius 1 is 1.11 bits per heavy atom. The molecule has 0 bridgehead atoms. The lowest BCUT2D eigenvalue weighted by Crippen LogP contribution is -2.34. The van der Waals surface area contributed by atoms with Gasteiger partial charge in [-0.25, -0.2) is 8.42 Å². The summed E-state index contributed by atoms with van der Waals surface area (Å²) in [6.45, 7) is 6.57. The number of hydrogen-bond acceptors (Lipinski definition) is 5. The Balaban J connectivity index is 2.56. The first kappa shape index (κ1) is 21.1. The van der Waals surface area contributed by atoms with Crippen molar-refractivity contribution in [3.63, 3.8) is 0 Å². The van der Waals surface area contributed by atoms with Crippen molar-refractivity contribution in [2.75, 3.05) is 23.1 Å². The number of para-hydroxylation sites is 1. The third-order valence-electron chi connectivity index (χ3n) is 4.31. The van der Waals surface area contributed by atoms with E-state index in [0.29, 0.717) is 24.2 Å². The monoisotopic (exact) mass is 391 g/mol. The molecule has 0 radical (unpaired) electrons. The van der Waals surface area contributed by atoms with Gasteiger partial charge in [-0.3, -0.25) is 4.31 Å². The number of anilines is 2. The maximum absolute atomic E-state index is 13.3. The standard InChI is InChI=1S/C20H29N3O3S/c1-14(2)13-23(27(25,26)18-8-5-7-17(22)11-18)19-9-4-6-16(20(19)24)10-15(3)12-21/h4-9,11,14-15,24H,10,12-13,21-22H2,1-3H3/t15-/m1/s1. The van der Waals surface area contributed by atoms with Gasteiger partial charge in [0.1, 0.15) is 5.75 Å². The maximum atomic E-state index is 13.3. The number of sulfonamides is 1. The van der Waals surface area contributed by atoms with Gasteiger partial charge < -0.3 is 16.6 Å². The van der Waals surface area contributed by atoms with Gasteiger partial charge in [0.2, 0.25) is 0 Å². The number of nitrogens with zero attached hydrogens (tertiary/aromatic N) is 1. The molecule has 5 N–H and O–H groups in total. The molecule has 27 heavy (non-hydrogen) atoms. The second-order valence-corrected chi connectivity index (χ2v) is 9.19. The second kappa shape index (κ2) is 8.63. The molecular formula is C20H29N3O3S. The molecule has 6 nitrogen and oxygen atoms in total. The number of nitrogens with two attached hydrogens (primary N) is 2. The normalized spacial score (nSPS) is 12.9. The molecule has 2 aromatic rings. The van der Waals surface area contributed by atoms with E-state index >= 15 is 0 Å². The molecule has 0 saturated heterocycles. The number of phenols is 1. The van der Waals surface area contributed by atoms with E-state index in [9.17, 15) is 13.5 Å². The summed E-state index contributed by atoms with van der Waals surface area (Å²) in [6.07, 6.45) is 0.573. The number of phenolic OH excluding ortho intramolecular Hbond substituents is 1. The first-order valence-electron chi connectivity index (χ1n) is 9.06. The summed E-state index contributed by atoms with van der Waals surface area (Å²) in [5.74, 6) is 0.216. The SMILES string of the molecule is CC(C)CN(c1cccc(C[C@@H](C)CN)c1O)S(=O)(=O)c1cccc(N)c1. The summed E-state index contributed by atoms with van der Waals surface area (Å²) in [4.78, 5) is 0.100. The smallest absolute Gasteiger partial charge is 0.264 e. The molecule has 0 amide bonds. The lowest BCUT2D eigenvalue weighted by molar-refractivity contribution is 0.459. The predicted molar refractivity (Wildman–Crippen MR) is 110 cm³/mol. The van der Waals surface area contributed by atoms with Crippen molar-refractivity contribution >= 4 is 21.4 Å². The lowest BCUT2D eigenvalue weighted by atomic mass is 10.00. The fraction of sp³-hybridized carbons (Fsp3) is 0.400. The van der Waals surface area contributed by atoms with Gasteiger partial charge in [-0.15, -0.1) is 0 Å². The van der Waals surface area contributed by atoms with Crippen LogP contribution < -0.4 is 15.8 Å². The van der Waals surface area contributed by atoms with Gasteiger partial charge in [-0.05, 0) is 54.6 Å². The van der Waals surface area contributed by atoms with Crippen LogP contribution in [0.2, 0.25) is 0 Å². The average molecular weight is 392 g/mol. The Morgan fingerprint density at radius 2 is 1.78 bits per heavy atom. The number of hydrogen-bond donors (Lipinski definition) is 3. The maximum Gasteiger partial charge on any atom is 0.264 e. The average Bonchev–Trinajstić information content (AvgIpc) is 2.61. The van der Waals surface area contributed by atoms with Crippen LogP contribution in [0.1, 0.15) is 26.3 Å². The molecule has 2 aromatic carbocycles. The molecule has 148 valence electrons. The zero-order valence-corrected chi connectivity index (χ0v) is 16.9. The number of aromatic hydroxyl groups is 1. The lowest BCUT2D eigenvalue weighted by Gasteiger charge is -2.28. The topological polar surface area (TPSA) is 110 Å². The minimum absolute atomic E-state index is 0.0223. The van der Waals surface area contributed by atoms with E-state index in [0.717, 1.165) is 0 Å². The molecule has 7 heteroatoms. The summed E-state index contributed by atoms with van der Waals surface area (Å²) >= 11 is 0. The van der Waals surface area contributed by atoms with Gasteiger partial charge in [0.15, 0.2) is 0 Å². The Morgan fingerprint density at radius 3 is 2.37 bits per heavy atom. The highest BCUT2D eigenvalue weighted by atomic mass is 32.2. The van der Waals surface area contributed by atoms with Gasteiger partial charge in [0.05, 0.1) is 10.6 Å². The van der Waals surface area contributed by atoms with Crippen LogP contribution in [0.15, 0.2) is 47.4 Å². The predicted octanol–water partition coefficient (Wildman–Crippen LogP) is 2.96. The number of rotatable bonds is 8. The fourth-order valence-corrected chi connectivity index (χ4v) is 4.55. The minimum atomic E-state index is -3.88. The Bertz CT molecular complexity index is 882. The molecule has 0 unspecified atom stereocenters. The summed E-state index contributed by atoms with van der Waals surface area (Å²) in [6, 6.07) is 11.4. The first-order chi connectivity index (χ1) is 12.7. The zero-order valence-electron chi connectivity index (χ0n) is 16.1. The van der Waals surface area contributed by atoms with E-state index in [1.54, 1.807) is 30.3 Å². The Kier molecular flexibility index (Phi) is 6.73. The second-order valence-electron chi connectivity index (χ2n) is 7.33. The van der Waals surface area contributed by atoms with Crippen molar-refractivity contribution in [3.8, 4) is 5.75 Å². The van der Waals surface area contributed by atoms with Crippen LogP contribution in [0.4, 0.5) is 11.4 Å². The third kappa shape index (κ3) is 4.93. The summed E-state index contributed by atoms with van der Waals surface area (Å²) in [5, 5.41) is 10.8. The van der Waals surface area contributed by atoms with Crippen LogP contribution in [0.5, 0.6) is 5.75 Å². The largest absolute Gasteiger partial charge is 0.505 e. The highest BCUT2D eigenvalue weighted by Crippen LogP contribution is 2.36. The van der Waals surface area contributed by atoms with Crippen LogP contribution in [0.3, 0.4) is 0 Å². The van der Waals surface area contributed by atoms with Gasteiger partial charge in [-0.2, -0.15) is 0 Å². The molecule has 1 atom stereocenters. The zero-order chi connectivity index (χ0) is 20.2. The molecule has 0 aliphatic heterocycles. The van der Waals surface area contributed by atoms with Gasteiger partial charge in [0, 0.05) is 12.2 Å². The molecule has 0 spiro atoms. The Hall–Kier alpha value is -2.25. The fourth-order valence-electron chi connectivity index (χ4n) is 2.86. The van der Waals surface area contributed by atoms with Crippen molar-refractivity contribution in [1.29, 1.82) is 0 Å². The van der Waals surface area contributed by atoms with E-state index in [1.165, 1.54) is 16.4 Å². The highest BCUT2D eigenvalue weighted by molar-refractivity contribution is 7.92. The first-order valence-corrected chi connectivity index (χ1v) is 10.5. The molecule has 0 heterocycles. The summed E-state index contributed by atoms with van der Waals surface area (Å²) in [5.41, 5.74) is 12.8.